The molecule has 1 aromatic heterocycles. The van der Waals surface area contributed by atoms with Crippen LogP contribution in [0.2, 0.25) is 0 Å². The molecule has 1 rings (SSSR count). The van der Waals surface area contributed by atoms with Crippen molar-refractivity contribution in [3.8, 4) is 0 Å². The fraction of sp³-hybridized carbons (Fsp3) is 0.667. The third-order valence-electron chi connectivity index (χ3n) is 1.75. The Bertz CT molecular complexity index is 253. The number of hydrogen-bond donors (Lipinski definition) is 0. The van der Waals surface area contributed by atoms with E-state index in [-0.39, 0.29) is 0 Å². The molecule has 68 valence electrons. The third kappa shape index (κ3) is 1.85. The second-order valence-corrected chi connectivity index (χ2v) is 3.25. The molecule has 0 spiro atoms. The Kier molecular flexibility index (Phi) is 2.87. The van der Waals surface area contributed by atoms with Crippen LogP contribution in [0.3, 0.4) is 0 Å². The quantitative estimate of drug-likeness (QED) is 0.689. The molecule has 0 fully saturated rings. The molecule has 0 saturated heterocycles. The van der Waals surface area contributed by atoms with Crippen LogP contribution in [0.25, 0.3) is 0 Å². The van der Waals surface area contributed by atoms with Crippen LogP contribution in [-0.4, -0.2) is 16.9 Å². The van der Waals surface area contributed by atoms with Crippen molar-refractivity contribution in [3.63, 3.8) is 0 Å². The SMILES string of the molecule is COCc1cc(C)n(C(C)C)n1. The average molecular weight is 168 g/mol. The van der Waals surface area contributed by atoms with Gasteiger partial charge in [0.15, 0.2) is 0 Å². The fourth-order valence-corrected chi connectivity index (χ4v) is 1.29. The number of rotatable bonds is 3. The highest BCUT2D eigenvalue weighted by atomic mass is 16.5. The van der Waals surface area contributed by atoms with E-state index in [1.165, 1.54) is 5.69 Å². The largest absolute Gasteiger partial charge is 0.378 e. The van der Waals surface area contributed by atoms with Gasteiger partial charge in [-0.15, -0.1) is 0 Å². The number of aromatic nitrogens is 2. The predicted molar refractivity (Wildman–Crippen MR) is 48.1 cm³/mol. The van der Waals surface area contributed by atoms with E-state index >= 15 is 0 Å². The lowest BCUT2D eigenvalue weighted by molar-refractivity contribution is 0.180. The van der Waals surface area contributed by atoms with Crippen LogP contribution >= 0.6 is 0 Å². The molecule has 0 saturated carbocycles. The summed E-state index contributed by atoms with van der Waals surface area (Å²) in [6, 6.07) is 2.49. The molecule has 3 nitrogen and oxygen atoms in total. The van der Waals surface area contributed by atoms with E-state index in [0.717, 1.165) is 5.69 Å². The molecule has 0 aliphatic carbocycles. The molecule has 12 heavy (non-hydrogen) atoms. The third-order valence-corrected chi connectivity index (χ3v) is 1.75. The Balaban J connectivity index is 2.85. The van der Waals surface area contributed by atoms with E-state index < -0.39 is 0 Å². The van der Waals surface area contributed by atoms with Crippen molar-refractivity contribution < 1.29 is 4.74 Å². The van der Waals surface area contributed by atoms with Crippen molar-refractivity contribution in [2.24, 2.45) is 0 Å². The number of nitrogens with zero attached hydrogens (tertiary/aromatic N) is 2. The van der Waals surface area contributed by atoms with Crippen molar-refractivity contribution in [3.05, 3.63) is 17.5 Å². The van der Waals surface area contributed by atoms with Crippen LogP contribution in [0.4, 0.5) is 0 Å². The summed E-state index contributed by atoms with van der Waals surface area (Å²) in [7, 11) is 1.68. The lowest BCUT2D eigenvalue weighted by Crippen LogP contribution is -2.05. The standard InChI is InChI=1S/C9H16N2O/c1-7(2)11-8(3)5-9(10-11)6-12-4/h5,7H,6H2,1-4H3. The number of ether oxygens (including phenoxy) is 1. The summed E-state index contributed by atoms with van der Waals surface area (Å²) in [5.74, 6) is 0. The minimum absolute atomic E-state index is 0.426. The Morgan fingerprint density at radius 2 is 2.25 bits per heavy atom. The van der Waals surface area contributed by atoms with E-state index in [1.54, 1.807) is 7.11 Å². The van der Waals surface area contributed by atoms with Crippen LogP contribution in [0.5, 0.6) is 0 Å². The van der Waals surface area contributed by atoms with E-state index in [9.17, 15) is 0 Å². The molecule has 0 aliphatic heterocycles. The van der Waals surface area contributed by atoms with Crippen LogP contribution in [0.15, 0.2) is 6.07 Å². The topological polar surface area (TPSA) is 27.1 Å². The first-order valence-electron chi connectivity index (χ1n) is 4.19. The zero-order valence-corrected chi connectivity index (χ0v) is 8.16. The lowest BCUT2D eigenvalue weighted by Gasteiger charge is -2.06. The Hall–Kier alpha value is -0.830. The molecular weight excluding hydrogens is 152 g/mol. The molecule has 0 atom stereocenters. The molecule has 0 bridgehead atoms. The first-order chi connectivity index (χ1) is 5.65. The Morgan fingerprint density at radius 3 is 2.67 bits per heavy atom. The molecule has 0 radical (unpaired) electrons. The summed E-state index contributed by atoms with van der Waals surface area (Å²) in [5, 5.41) is 4.39. The smallest absolute Gasteiger partial charge is 0.0902 e. The van der Waals surface area contributed by atoms with Gasteiger partial charge >= 0.3 is 0 Å². The van der Waals surface area contributed by atoms with Crippen LogP contribution in [-0.2, 0) is 11.3 Å². The van der Waals surface area contributed by atoms with Crippen molar-refractivity contribution in [1.29, 1.82) is 0 Å². The van der Waals surface area contributed by atoms with Gasteiger partial charge in [-0.2, -0.15) is 5.10 Å². The van der Waals surface area contributed by atoms with Gasteiger partial charge in [-0.1, -0.05) is 0 Å². The van der Waals surface area contributed by atoms with Gasteiger partial charge < -0.3 is 4.74 Å². The van der Waals surface area contributed by atoms with Crippen molar-refractivity contribution in [2.45, 2.75) is 33.4 Å². The summed E-state index contributed by atoms with van der Waals surface area (Å²) in [6.45, 7) is 6.90. The van der Waals surface area contributed by atoms with Crippen molar-refractivity contribution in [2.75, 3.05) is 7.11 Å². The normalized spacial score (nSPS) is 11.1. The van der Waals surface area contributed by atoms with Crippen molar-refractivity contribution in [1.82, 2.24) is 9.78 Å². The lowest BCUT2D eigenvalue weighted by atomic mass is 10.3. The maximum Gasteiger partial charge on any atom is 0.0902 e. The molecule has 0 amide bonds. The van der Waals surface area contributed by atoms with E-state index in [2.05, 4.69) is 31.9 Å². The van der Waals surface area contributed by atoms with Crippen molar-refractivity contribution >= 4 is 0 Å². The fourth-order valence-electron chi connectivity index (χ4n) is 1.29. The summed E-state index contributed by atoms with van der Waals surface area (Å²) in [4.78, 5) is 0. The zero-order valence-electron chi connectivity index (χ0n) is 8.16. The molecule has 0 aliphatic rings. The van der Waals surface area contributed by atoms with Crippen LogP contribution in [0, 0.1) is 6.92 Å². The predicted octanol–water partition coefficient (Wildman–Crippen LogP) is 1.92. The maximum atomic E-state index is 5.00. The van der Waals surface area contributed by atoms with Gasteiger partial charge in [0.25, 0.3) is 0 Å². The summed E-state index contributed by atoms with van der Waals surface area (Å²) in [6.07, 6.45) is 0. The second kappa shape index (κ2) is 3.72. The molecule has 1 heterocycles. The minimum atomic E-state index is 0.426. The molecular formula is C9H16N2O. The summed E-state index contributed by atoms with van der Waals surface area (Å²) >= 11 is 0. The van der Waals surface area contributed by atoms with Gasteiger partial charge in [-0.05, 0) is 26.8 Å². The van der Waals surface area contributed by atoms with Gasteiger partial charge in [0.05, 0.1) is 12.3 Å². The molecule has 0 aromatic carbocycles. The first kappa shape index (κ1) is 9.26. The number of aryl methyl sites for hydroxylation is 1. The summed E-state index contributed by atoms with van der Waals surface area (Å²) < 4.78 is 7.01. The summed E-state index contributed by atoms with van der Waals surface area (Å²) in [5.41, 5.74) is 2.20. The molecule has 0 unspecified atom stereocenters. The van der Waals surface area contributed by atoms with E-state index in [4.69, 9.17) is 4.74 Å². The molecule has 3 heteroatoms. The average Bonchev–Trinajstić information content (AvgIpc) is 2.32. The number of hydrogen-bond acceptors (Lipinski definition) is 2. The highest BCUT2D eigenvalue weighted by Crippen LogP contribution is 2.10. The van der Waals surface area contributed by atoms with Gasteiger partial charge in [-0.25, -0.2) is 0 Å². The number of methoxy groups -OCH3 is 1. The van der Waals surface area contributed by atoms with Crippen LogP contribution in [0.1, 0.15) is 31.3 Å². The Labute approximate surface area is 73.3 Å². The first-order valence-corrected chi connectivity index (χ1v) is 4.19. The molecule has 1 aromatic rings. The van der Waals surface area contributed by atoms with Gasteiger partial charge in [0.1, 0.15) is 0 Å². The maximum absolute atomic E-state index is 5.00. The minimum Gasteiger partial charge on any atom is -0.378 e. The van der Waals surface area contributed by atoms with Gasteiger partial charge in [-0.3, -0.25) is 4.68 Å². The zero-order chi connectivity index (χ0) is 9.14. The van der Waals surface area contributed by atoms with E-state index in [1.807, 2.05) is 4.68 Å². The Morgan fingerprint density at radius 1 is 1.58 bits per heavy atom. The highest BCUT2D eigenvalue weighted by Gasteiger charge is 2.05. The highest BCUT2D eigenvalue weighted by molar-refractivity contribution is 5.08. The van der Waals surface area contributed by atoms with Gasteiger partial charge in [0, 0.05) is 18.8 Å². The molecule has 0 N–H and O–H groups in total. The monoisotopic (exact) mass is 168 g/mol. The van der Waals surface area contributed by atoms with Gasteiger partial charge in [0.2, 0.25) is 0 Å². The second-order valence-electron chi connectivity index (χ2n) is 3.25. The van der Waals surface area contributed by atoms with Crippen LogP contribution < -0.4 is 0 Å². The van der Waals surface area contributed by atoms with E-state index in [0.29, 0.717) is 12.6 Å².